The van der Waals surface area contributed by atoms with Gasteiger partial charge in [-0.25, -0.2) is 4.39 Å². The lowest BCUT2D eigenvalue weighted by molar-refractivity contribution is 0.441. The summed E-state index contributed by atoms with van der Waals surface area (Å²) in [6.07, 6.45) is 0. The molecule has 0 spiro atoms. The van der Waals surface area contributed by atoms with Gasteiger partial charge in [-0.2, -0.15) is 5.26 Å². The van der Waals surface area contributed by atoms with Crippen LogP contribution < -0.4 is 4.74 Å². The summed E-state index contributed by atoms with van der Waals surface area (Å²) in [6, 6.07) is 13.9. The van der Waals surface area contributed by atoms with E-state index in [1.165, 1.54) is 6.07 Å². The number of rotatable bonds is 2. The van der Waals surface area contributed by atoms with Crippen LogP contribution in [0.4, 0.5) is 4.39 Å². The normalized spacial score (nSPS) is 9.71. The van der Waals surface area contributed by atoms with Crippen molar-refractivity contribution in [3.8, 4) is 17.6 Å². The lowest BCUT2D eigenvalue weighted by atomic mass is 10.1. The second-order valence-electron chi connectivity index (χ2n) is 3.60. The minimum atomic E-state index is -0.614. The van der Waals surface area contributed by atoms with Crippen LogP contribution in [0.25, 0.3) is 0 Å². The number of aryl methyl sites for hydroxylation is 1. The minimum Gasteiger partial charge on any atom is -0.454 e. The van der Waals surface area contributed by atoms with Gasteiger partial charge in [-0.05, 0) is 30.7 Å². The summed E-state index contributed by atoms with van der Waals surface area (Å²) in [5.41, 5.74) is 0.629. The summed E-state index contributed by atoms with van der Waals surface area (Å²) in [7, 11) is 0. The Morgan fingerprint density at radius 3 is 2.47 bits per heavy atom. The highest BCUT2D eigenvalue weighted by atomic mass is 19.1. The Morgan fingerprint density at radius 1 is 1.12 bits per heavy atom. The molecule has 0 aliphatic rings. The Balaban J connectivity index is 2.39. The predicted molar refractivity (Wildman–Crippen MR) is 62.4 cm³/mol. The molecule has 0 N–H and O–H groups in total. The predicted octanol–water partition coefficient (Wildman–Crippen LogP) is 3.80. The smallest absolute Gasteiger partial charge is 0.183 e. The van der Waals surface area contributed by atoms with E-state index in [2.05, 4.69) is 0 Å². The monoisotopic (exact) mass is 227 g/mol. The molecule has 0 saturated carbocycles. The zero-order valence-electron chi connectivity index (χ0n) is 9.27. The Labute approximate surface area is 98.9 Å². The highest BCUT2D eigenvalue weighted by Crippen LogP contribution is 2.27. The summed E-state index contributed by atoms with van der Waals surface area (Å²) in [6.45, 7) is 1.69. The van der Waals surface area contributed by atoms with Gasteiger partial charge in [0.05, 0.1) is 5.56 Å². The van der Waals surface area contributed by atoms with Gasteiger partial charge < -0.3 is 4.74 Å². The molecule has 17 heavy (non-hydrogen) atoms. The van der Waals surface area contributed by atoms with E-state index in [-0.39, 0.29) is 11.3 Å². The minimum absolute atomic E-state index is 0.0263. The Bertz CT molecular complexity index is 573. The summed E-state index contributed by atoms with van der Waals surface area (Å²) >= 11 is 0. The fourth-order valence-electron chi connectivity index (χ4n) is 1.49. The second-order valence-corrected chi connectivity index (χ2v) is 3.60. The van der Waals surface area contributed by atoms with Crippen molar-refractivity contribution < 1.29 is 9.13 Å². The van der Waals surface area contributed by atoms with Crippen LogP contribution in [-0.2, 0) is 0 Å². The summed E-state index contributed by atoms with van der Waals surface area (Å²) in [5, 5.41) is 8.84. The first kappa shape index (κ1) is 11.2. The fraction of sp³-hybridized carbons (Fsp3) is 0.0714. The van der Waals surface area contributed by atoms with Crippen LogP contribution in [0.15, 0.2) is 42.5 Å². The molecule has 3 heteroatoms. The number of hydrogen-bond donors (Lipinski definition) is 0. The van der Waals surface area contributed by atoms with E-state index in [9.17, 15) is 4.39 Å². The van der Waals surface area contributed by atoms with E-state index >= 15 is 0 Å². The van der Waals surface area contributed by atoms with Crippen LogP contribution in [0.5, 0.6) is 11.5 Å². The SMILES string of the molecule is Cc1ccc(Oc2ccccc2)c(F)c1C#N. The van der Waals surface area contributed by atoms with Crippen LogP contribution in [0.1, 0.15) is 11.1 Å². The van der Waals surface area contributed by atoms with E-state index in [4.69, 9.17) is 10.00 Å². The molecule has 2 aromatic rings. The topological polar surface area (TPSA) is 33.0 Å². The van der Waals surface area contributed by atoms with Crippen molar-refractivity contribution in [3.05, 3.63) is 59.4 Å². The first-order valence-corrected chi connectivity index (χ1v) is 5.14. The molecule has 0 unspecified atom stereocenters. The highest BCUT2D eigenvalue weighted by Gasteiger charge is 2.12. The number of nitriles is 1. The molecule has 0 aromatic heterocycles. The molecule has 0 radical (unpaired) electrons. The molecule has 0 atom stereocenters. The second kappa shape index (κ2) is 4.67. The van der Waals surface area contributed by atoms with Crippen LogP contribution in [0.3, 0.4) is 0 Å². The van der Waals surface area contributed by atoms with Crippen molar-refractivity contribution in [1.82, 2.24) is 0 Å². The summed E-state index contributed by atoms with van der Waals surface area (Å²) < 4.78 is 19.3. The number of halogens is 1. The molecule has 2 rings (SSSR count). The highest BCUT2D eigenvalue weighted by molar-refractivity contribution is 5.45. The zero-order valence-corrected chi connectivity index (χ0v) is 9.27. The summed E-state index contributed by atoms with van der Waals surface area (Å²) in [5.74, 6) is -0.00570. The molecule has 0 saturated heterocycles. The van der Waals surface area contributed by atoms with Gasteiger partial charge >= 0.3 is 0 Å². The first-order valence-electron chi connectivity index (χ1n) is 5.14. The lowest BCUT2D eigenvalue weighted by Crippen LogP contribution is -1.94. The molecule has 0 amide bonds. The van der Waals surface area contributed by atoms with Crippen molar-refractivity contribution in [2.24, 2.45) is 0 Å². The van der Waals surface area contributed by atoms with E-state index in [0.29, 0.717) is 11.3 Å². The average Bonchev–Trinajstić information content (AvgIpc) is 2.35. The number of benzene rings is 2. The van der Waals surface area contributed by atoms with E-state index < -0.39 is 5.82 Å². The van der Waals surface area contributed by atoms with Gasteiger partial charge in [0.2, 0.25) is 0 Å². The van der Waals surface area contributed by atoms with Gasteiger partial charge in [-0.1, -0.05) is 24.3 Å². The zero-order chi connectivity index (χ0) is 12.3. The van der Waals surface area contributed by atoms with Gasteiger partial charge in [0.25, 0.3) is 0 Å². The summed E-state index contributed by atoms with van der Waals surface area (Å²) in [4.78, 5) is 0. The molecular weight excluding hydrogens is 217 g/mol. The van der Waals surface area contributed by atoms with Gasteiger partial charge in [-0.15, -0.1) is 0 Å². The number of hydrogen-bond acceptors (Lipinski definition) is 2. The molecule has 0 heterocycles. The third-order valence-electron chi connectivity index (χ3n) is 2.40. The Hall–Kier alpha value is -2.34. The maximum atomic E-state index is 13.9. The molecule has 0 aliphatic carbocycles. The van der Waals surface area contributed by atoms with Crippen molar-refractivity contribution in [3.63, 3.8) is 0 Å². The van der Waals surface area contributed by atoms with Crippen LogP contribution in [0, 0.1) is 24.1 Å². The van der Waals surface area contributed by atoms with Crippen molar-refractivity contribution >= 4 is 0 Å². The van der Waals surface area contributed by atoms with Crippen LogP contribution in [-0.4, -0.2) is 0 Å². The third kappa shape index (κ3) is 2.26. The molecule has 2 aromatic carbocycles. The van der Waals surface area contributed by atoms with Crippen molar-refractivity contribution in [2.75, 3.05) is 0 Å². The molecule has 0 aliphatic heterocycles. The van der Waals surface area contributed by atoms with Crippen LogP contribution in [0.2, 0.25) is 0 Å². The molecule has 0 bridgehead atoms. The lowest BCUT2D eigenvalue weighted by Gasteiger charge is -2.08. The standard InChI is InChI=1S/C14H10FNO/c1-10-7-8-13(14(15)12(10)9-16)17-11-5-3-2-4-6-11/h2-8H,1H3. The van der Waals surface area contributed by atoms with E-state index in [1.807, 2.05) is 12.1 Å². The number of nitrogens with zero attached hydrogens (tertiary/aromatic N) is 1. The van der Waals surface area contributed by atoms with E-state index in [0.717, 1.165) is 0 Å². The third-order valence-corrected chi connectivity index (χ3v) is 2.40. The van der Waals surface area contributed by atoms with E-state index in [1.54, 1.807) is 37.3 Å². The fourth-order valence-corrected chi connectivity index (χ4v) is 1.49. The van der Waals surface area contributed by atoms with Gasteiger partial charge in [-0.3, -0.25) is 0 Å². The average molecular weight is 227 g/mol. The van der Waals surface area contributed by atoms with Crippen LogP contribution >= 0.6 is 0 Å². The number of ether oxygens (including phenoxy) is 1. The van der Waals surface area contributed by atoms with Crippen molar-refractivity contribution in [2.45, 2.75) is 6.92 Å². The Kier molecular flexibility index (Phi) is 3.06. The molecule has 2 nitrogen and oxygen atoms in total. The van der Waals surface area contributed by atoms with Gasteiger partial charge in [0.1, 0.15) is 11.8 Å². The maximum Gasteiger partial charge on any atom is 0.183 e. The maximum absolute atomic E-state index is 13.9. The van der Waals surface area contributed by atoms with Gasteiger partial charge in [0, 0.05) is 0 Å². The van der Waals surface area contributed by atoms with Crippen molar-refractivity contribution in [1.29, 1.82) is 5.26 Å². The van der Waals surface area contributed by atoms with Gasteiger partial charge in [0.15, 0.2) is 11.6 Å². The number of para-hydroxylation sites is 1. The first-order chi connectivity index (χ1) is 8.22. The Morgan fingerprint density at radius 2 is 1.82 bits per heavy atom. The molecule has 0 fully saturated rings. The quantitative estimate of drug-likeness (QED) is 0.781. The molecule has 84 valence electrons. The largest absolute Gasteiger partial charge is 0.454 e. The molecular formula is C14H10FNO.